The lowest BCUT2D eigenvalue weighted by Crippen LogP contribution is -2.40. The summed E-state index contributed by atoms with van der Waals surface area (Å²) in [6.07, 6.45) is 2.39. The molecular formula is C17H16BrN3O3. The van der Waals surface area contributed by atoms with Gasteiger partial charge in [0.05, 0.1) is 5.70 Å². The van der Waals surface area contributed by atoms with Gasteiger partial charge < -0.3 is 5.32 Å². The summed E-state index contributed by atoms with van der Waals surface area (Å²) in [4.78, 5) is 37.4. The fourth-order valence-electron chi connectivity index (χ4n) is 2.70. The van der Waals surface area contributed by atoms with Crippen molar-refractivity contribution in [2.45, 2.75) is 19.9 Å². The van der Waals surface area contributed by atoms with E-state index in [2.05, 4.69) is 21.2 Å². The van der Waals surface area contributed by atoms with Crippen molar-refractivity contribution in [2.75, 3.05) is 5.32 Å². The minimum Gasteiger partial charge on any atom is -0.338 e. The highest BCUT2D eigenvalue weighted by molar-refractivity contribution is 9.10. The normalized spacial score (nSPS) is 14.8. The molecule has 1 aliphatic rings. The second kappa shape index (κ2) is 6.24. The summed E-state index contributed by atoms with van der Waals surface area (Å²) >= 11 is 3.43. The van der Waals surface area contributed by atoms with Gasteiger partial charge in [-0.3, -0.25) is 18.7 Å². The minimum atomic E-state index is -0.574. The van der Waals surface area contributed by atoms with Crippen LogP contribution in [0.5, 0.6) is 0 Å². The molecule has 124 valence electrons. The highest BCUT2D eigenvalue weighted by atomic mass is 79.9. The van der Waals surface area contributed by atoms with E-state index in [0.717, 1.165) is 14.6 Å². The molecule has 24 heavy (non-hydrogen) atoms. The summed E-state index contributed by atoms with van der Waals surface area (Å²) in [6.45, 7) is 2.36. The first-order valence-electron chi connectivity index (χ1n) is 7.57. The number of hydrogen-bond acceptors (Lipinski definition) is 4. The van der Waals surface area contributed by atoms with Gasteiger partial charge in [0.1, 0.15) is 11.4 Å². The second-order valence-corrected chi connectivity index (χ2v) is 6.41. The SMILES string of the molecule is CCCn1c2c(c(=O)n(C)c1=O)C(=O)/C(=C/c1ccccc1Br)N2. The van der Waals surface area contributed by atoms with Crippen molar-refractivity contribution in [3.63, 3.8) is 0 Å². The Bertz CT molecular complexity index is 986. The van der Waals surface area contributed by atoms with Crippen molar-refractivity contribution in [1.82, 2.24) is 9.13 Å². The number of halogens is 1. The van der Waals surface area contributed by atoms with Crippen LogP contribution in [0.4, 0.5) is 5.82 Å². The molecular weight excluding hydrogens is 374 g/mol. The molecule has 3 rings (SSSR count). The molecule has 0 spiro atoms. The molecule has 2 aromatic rings. The van der Waals surface area contributed by atoms with E-state index in [-0.39, 0.29) is 17.1 Å². The van der Waals surface area contributed by atoms with E-state index in [1.54, 1.807) is 6.08 Å². The molecule has 7 heteroatoms. The number of aromatic nitrogens is 2. The van der Waals surface area contributed by atoms with Gasteiger partial charge in [0.2, 0.25) is 5.78 Å². The van der Waals surface area contributed by atoms with Crippen molar-refractivity contribution in [2.24, 2.45) is 7.05 Å². The first kappa shape index (κ1) is 16.4. The van der Waals surface area contributed by atoms with Gasteiger partial charge >= 0.3 is 5.69 Å². The van der Waals surface area contributed by atoms with Crippen molar-refractivity contribution < 1.29 is 4.79 Å². The summed E-state index contributed by atoms with van der Waals surface area (Å²) in [5, 5.41) is 2.96. The van der Waals surface area contributed by atoms with Crippen LogP contribution in [0.15, 0.2) is 44.0 Å². The Morgan fingerprint density at radius 3 is 2.58 bits per heavy atom. The molecule has 2 heterocycles. The summed E-state index contributed by atoms with van der Waals surface area (Å²) in [6, 6.07) is 7.45. The molecule has 0 saturated heterocycles. The zero-order valence-electron chi connectivity index (χ0n) is 13.3. The quantitative estimate of drug-likeness (QED) is 0.817. The first-order valence-corrected chi connectivity index (χ1v) is 8.36. The van der Waals surface area contributed by atoms with Crippen LogP contribution in [0.3, 0.4) is 0 Å². The summed E-state index contributed by atoms with van der Waals surface area (Å²) < 4.78 is 3.26. The molecule has 0 aliphatic carbocycles. The van der Waals surface area contributed by atoms with Gasteiger partial charge in [-0.25, -0.2) is 4.79 Å². The number of anilines is 1. The standard InChI is InChI=1S/C17H16BrN3O3/c1-3-8-21-15-13(16(23)20(2)17(21)24)14(22)12(19-15)9-10-6-4-5-7-11(10)18/h4-7,9,19H,3,8H2,1-2H3/b12-9-. The molecule has 0 fully saturated rings. The number of hydrogen-bond donors (Lipinski definition) is 1. The van der Waals surface area contributed by atoms with Crippen molar-refractivity contribution in [3.05, 3.63) is 66.4 Å². The number of carbonyl (C=O) groups excluding carboxylic acids is 1. The largest absolute Gasteiger partial charge is 0.338 e. The number of benzene rings is 1. The van der Waals surface area contributed by atoms with Gasteiger partial charge in [0.25, 0.3) is 5.56 Å². The van der Waals surface area contributed by atoms with E-state index in [0.29, 0.717) is 13.0 Å². The van der Waals surface area contributed by atoms with E-state index >= 15 is 0 Å². The summed E-state index contributed by atoms with van der Waals surface area (Å²) in [7, 11) is 1.39. The van der Waals surface area contributed by atoms with Crippen LogP contribution >= 0.6 is 15.9 Å². The molecule has 0 radical (unpaired) electrons. The lowest BCUT2D eigenvalue weighted by Gasteiger charge is -2.11. The van der Waals surface area contributed by atoms with Crippen LogP contribution in [0.1, 0.15) is 29.3 Å². The Morgan fingerprint density at radius 2 is 1.92 bits per heavy atom. The molecule has 0 bridgehead atoms. The van der Waals surface area contributed by atoms with Gasteiger partial charge in [-0.2, -0.15) is 0 Å². The summed E-state index contributed by atoms with van der Waals surface area (Å²) in [5.74, 6) is -0.112. The Kier molecular flexibility index (Phi) is 4.28. The van der Waals surface area contributed by atoms with E-state index < -0.39 is 17.0 Å². The number of rotatable bonds is 3. The predicted molar refractivity (Wildman–Crippen MR) is 96.3 cm³/mol. The fourth-order valence-corrected chi connectivity index (χ4v) is 3.10. The van der Waals surface area contributed by atoms with Gasteiger partial charge in [0.15, 0.2) is 0 Å². The number of fused-ring (bicyclic) bond motifs is 1. The van der Waals surface area contributed by atoms with Crippen LogP contribution in [-0.2, 0) is 13.6 Å². The third kappa shape index (κ3) is 2.54. The Morgan fingerprint density at radius 1 is 1.21 bits per heavy atom. The van der Waals surface area contributed by atoms with Crippen LogP contribution in [-0.4, -0.2) is 14.9 Å². The first-order chi connectivity index (χ1) is 11.5. The number of ketones is 1. The van der Waals surface area contributed by atoms with E-state index in [4.69, 9.17) is 0 Å². The zero-order valence-corrected chi connectivity index (χ0v) is 14.9. The lowest BCUT2D eigenvalue weighted by molar-refractivity contribution is 0.104. The van der Waals surface area contributed by atoms with Gasteiger partial charge in [0, 0.05) is 18.1 Å². The van der Waals surface area contributed by atoms with Gasteiger partial charge in [-0.15, -0.1) is 0 Å². The maximum absolute atomic E-state index is 12.7. The van der Waals surface area contributed by atoms with Gasteiger partial charge in [-0.1, -0.05) is 41.1 Å². The molecule has 0 atom stereocenters. The molecule has 0 amide bonds. The maximum Gasteiger partial charge on any atom is 0.332 e. The minimum absolute atomic E-state index is 0.0175. The van der Waals surface area contributed by atoms with Crippen LogP contribution < -0.4 is 16.6 Å². The third-order valence-electron chi connectivity index (χ3n) is 3.92. The average Bonchev–Trinajstić information content (AvgIpc) is 2.88. The van der Waals surface area contributed by atoms with Crippen LogP contribution in [0.25, 0.3) is 6.08 Å². The zero-order chi connectivity index (χ0) is 17.4. The molecule has 0 unspecified atom stereocenters. The fraction of sp³-hybridized carbons (Fsp3) is 0.235. The smallest absolute Gasteiger partial charge is 0.332 e. The van der Waals surface area contributed by atoms with Crippen LogP contribution in [0, 0.1) is 0 Å². The monoisotopic (exact) mass is 389 g/mol. The van der Waals surface area contributed by atoms with Crippen LogP contribution in [0.2, 0.25) is 0 Å². The highest BCUT2D eigenvalue weighted by Gasteiger charge is 2.32. The molecule has 1 aromatic carbocycles. The Labute approximate surface area is 146 Å². The molecule has 1 N–H and O–H groups in total. The molecule has 1 aromatic heterocycles. The lowest BCUT2D eigenvalue weighted by atomic mass is 10.1. The molecule has 6 nitrogen and oxygen atoms in total. The van der Waals surface area contributed by atoms with E-state index in [1.165, 1.54) is 11.6 Å². The number of Topliss-reactive ketones (excluding diaryl/α,β-unsaturated/α-hetero) is 1. The Balaban J connectivity index is 2.19. The maximum atomic E-state index is 12.7. The van der Waals surface area contributed by atoms with E-state index in [9.17, 15) is 14.4 Å². The topological polar surface area (TPSA) is 73.1 Å². The third-order valence-corrected chi connectivity index (χ3v) is 4.64. The Hall–Kier alpha value is -2.41. The molecule has 1 aliphatic heterocycles. The number of carbonyl (C=O) groups is 1. The van der Waals surface area contributed by atoms with Crippen molar-refractivity contribution in [3.8, 4) is 0 Å². The number of allylic oxidation sites excluding steroid dienone is 1. The average molecular weight is 390 g/mol. The van der Waals surface area contributed by atoms with Gasteiger partial charge in [-0.05, 0) is 24.1 Å². The predicted octanol–water partition coefficient (Wildman–Crippen LogP) is 2.37. The second-order valence-electron chi connectivity index (χ2n) is 5.56. The number of nitrogens with one attached hydrogen (secondary N) is 1. The number of nitrogens with zero attached hydrogens (tertiary/aromatic N) is 2. The highest BCUT2D eigenvalue weighted by Crippen LogP contribution is 2.27. The van der Waals surface area contributed by atoms with Crippen molar-refractivity contribution >= 4 is 33.6 Å². The van der Waals surface area contributed by atoms with E-state index in [1.807, 2.05) is 31.2 Å². The summed E-state index contributed by atoms with van der Waals surface area (Å²) in [5.41, 5.74) is 0.106. The van der Waals surface area contributed by atoms with Crippen molar-refractivity contribution in [1.29, 1.82) is 0 Å². The molecule has 0 saturated carbocycles.